The zero-order valence-electron chi connectivity index (χ0n) is 27.8. The lowest BCUT2D eigenvalue weighted by Crippen LogP contribution is -2.40. The Kier molecular flexibility index (Phi) is 15.7. The van der Waals surface area contributed by atoms with Gasteiger partial charge in [0, 0.05) is 51.4 Å². The molecule has 6 N–H and O–H groups in total. The van der Waals surface area contributed by atoms with E-state index in [0.29, 0.717) is 13.1 Å². The Morgan fingerprint density at radius 2 is 0.872 bits per heavy atom. The van der Waals surface area contributed by atoms with E-state index in [1.807, 2.05) is 84.9 Å². The molecule has 0 aliphatic rings. The lowest BCUT2D eigenvalue weighted by atomic mass is 10.0. The fourth-order valence-electron chi connectivity index (χ4n) is 5.00. The first-order valence-electron chi connectivity index (χ1n) is 16.7. The summed E-state index contributed by atoms with van der Waals surface area (Å²) in [7, 11) is 0. The summed E-state index contributed by atoms with van der Waals surface area (Å²) >= 11 is 0. The van der Waals surface area contributed by atoms with Gasteiger partial charge in [0.05, 0.1) is 0 Å². The van der Waals surface area contributed by atoms with Crippen LogP contribution in [0.15, 0.2) is 109 Å². The fourth-order valence-corrected chi connectivity index (χ4v) is 5.00. The van der Waals surface area contributed by atoms with Crippen LogP contribution in [0.5, 0.6) is 11.5 Å². The Balaban J connectivity index is 1.05. The average molecular weight is 641 g/mol. The van der Waals surface area contributed by atoms with Crippen molar-refractivity contribution in [3.8, 4) is 11.5 Å². The van der Waals surface area contributed by atoms with Gasteiger partial charge >= 0.3 is 0 Å². The minimum atomic E-state index is -0.592. The predicted octanol–water partition coefficient (Wildman–Crippen LogP) is 4.29. The third-order valence-electron chi connectivity index (χ3n) is 7.80. The van der Waals surface area contributed by atoms with Crippen molar-refractivity contribution in [1.29, 1.82) is 0 Å². The summed E-state index contributed by atoms with van der Waals surface area (Å²) in [5.74, 6) is 1.47. The van der Waals surface area contributed by atoms with Crippen LogP contribution in [0.4, 0.5) is 0 Å². The van der Waals surface area contributed by atoms with E-state index in [9.17, 15) is 10.2 Å². The summed E-state index contributed by atoms with van der Waals surface area (Å²) in [6, 6.07) is 37.2. The number of rotatable bonds is 22. The van der Waals surface area contributed by atoms with Crippen molar-refractivity contribution < 1.29 is 19.7 Å². The molecule has 0 aliphatic heterocycles. The van der Waals surface area contributed by atoms with Gasteiger partial charge in [-0.2, -0.15) is 0 Å². The molecule has 8 nitrogen and oxygen atoms in total. The summed E-state index contributed by atoms with van der Waals surface area (Å²) in [6.45, 7) is 8.83. The Morgan fingerprint density at radius 1 is 0.489 bits per heavy atom. The van der Waals surface area contributed by atoms with Crippen molar-refractivity contribution >= 4 is 0 Å². The highest BCUT2D eigenvalue weighted by Gasteiger charge is 2.09. The lowest BCUT2D eigenvalue weighted by molar-refractivity contribution is 0.106. The van der Waals surface area contributed by atoms with Crippen molar-refractivity contribution in [2.75, 3.05) is 39.4 Å². The van der Waals surface area contributed by atoms with Gasteiger partial charge in [-0.1, -0.05) is 84.9 Å². The number of ether oxygens (including phenoxy) is 2. The molecular formula is C39H52N4O4. The van der Waals surface area contributed by atoms with Gasteiger partial charge in [-0.25, -0.2) is 0 Å². The van der Waals surface area contributed by atoms with E-state index in [2.05, 4.69) is 59.4 Å². The molecule has 0 saturated carbocycles. The highest BCUT2D eigenvalue weighted by Crippen LogP contribution is 2.18. The SMILES string of the molecule is CC(CNCC(O)COc1ccc(Cc2ccc(OCC(O)CNCC(C)NCc3ccccc3)cc2)cc1)NCc1ccccc1. The second kappa shape index (κ2) is 20.5. The summed E-state index contributed by atoms with van der Waals surface area (Å²) in [5, 5.41) is 34.3. The fraction of sp³-hybridized carbons (Fsp3) is 0.385. The van der Waals surface area contributed by atoms with Crippen molar-refractivity contribution in [2.24, 2.45) is 0 Å². The van der Waals surface area contributed by atoms with Crippen LogP contribution in [-0.2, 0) is 19.5 Å². The van der Waals surface area contributed by atoms with Gasteiger partial charge in [0.15, 0.2) is 0 Å². The molecule has 252 valence electrons. The number of nitrogens with one attached hydrogen (secondary N) is 4. The van der Waals surface area contributed by atoms with Crippen LogP contribution in [0, 0.1) is 0 Å². The van der Waals surface area contributed by atoms with Crippen LogP contribution < -0.4 is 30.7 Å². The van der Waals surface area contributed by atoms with Gasteiger partial charge in [-0.05, 0) is 66.8 Å². The third-order valence-corrected chi connectivity index (χ3v) is 7.80. The first kappa shape index (κ1) is 36.1. The summed E-state index contributed by atoms with van der Waals surface area (Å²) in [6.07, 6.45) is -0.400. The van der Waals surface area contributed by atoms with Crippen LogP contribution in [0.3, 0.4) is 0 Å². The largest absolute Gasteiger partial charge is 0.491 e. The van der Waals surface area contributed by atoms with Gasteiger partial charge in [0.2, 0.25) is 0 Å². The molecule has 0 saturated heterocycles. The number of hydrogen-bond donors (Lipinski definition) is 6. The molecule has 0 spiro atoms. The van der Waals surface area contributed by atoms with Crippen LogP contribution in [-0.4, -0.2) is 73.9 Å². The smallest absolute Gasteiger partial charge is 0.119 e. The normalized spacial score (nSPS) is 13.9. The standard InChI is InChI=1S/C39H52N4O4/c1-30(42-24-34-9-5-3-6-10-34)22-40-26-36(44)28-46-38-17-13-32(14-18-38)21-33-15-19-39(20-16-33)47-29-37(45)27-41-23-31(2)43-25-35-11-7-4-8-12-35/h3-20,30-31,36-37,40-45H,21-29H2,1-2H3. The Labute approximate surface area is 280 Å². The van der Waals surface area contributed by atoms with E-state index in [4.69, 9.17) is 9.47 Å². The highest BCUT2D eigenvalue weighted by molar-refractivity contribution is 5.34. The molecule has 4 aromatic carbocycles. The number of aliphatic hydroxyl groups is 2. The highest BCUT2D eigenvalue weighted by atomic mass is 16.5. The first-order valence-corrected chi connectivity index (χ1v) is 16.7. The monoisotopic (exact) mass is 640 g/mol. The van der Waals surface area contributed by atoms with Gasteiger partial charge in [-0.3, -0.25) is 0 Å². The van der Waals surface area contributed by atoms with Gasteiger partial charge in [-0.15, -0.1) is 0 Å². The van der Waals surface area contributed by atoms with Gasteiger partial charge < -0.3 is 41.0 Å². The maximum Gasteiger partial charge on any atom is 0.119 e. The molecule has 0 amide bonds. The molecular weight excluding hydrogens is 588 g/mol. The summed E-state index contributed by atoms with van der Waals surface area (Å²) < 4.78 is 11.6. The molecule has 0 aliphatic carbocycles. The third kappa shape index (κ3) is 14.7. The predicted molar refractivity (Wildman–Crippen MR) is 190 cm³/mol. The topological polar surface area (TPSA) is 107 Å². The van der Waals surface area contributed by atoms with E-state index in [1.165, 1.54) is 22.3 Å². The van der Waals surface area contributed by atoms with E-state index in [1.54, 1.807) is 0 Å². The van der Waals surface area contributed by atoms with Crippen molar-refractivity contribution in [3.63, 3.8) is 0 Å². The van der Waals surface area contributed by atoms with Crippen LogP contribution in [0.1, 0.15) is 36.1 Å². The molecule has 0 fully saturated rings. The molecule has 4 atom stereocenters. The quantitative estimate of drug-likeness (QED) is 0.0756. The number of benzene rings is 4. The second-order valence-electron chi connectivity index (χ2n) is 12.2. The molecule has 0 aromatic heterocycles. The van der Waals surface area contributed by atoms with Crippen molar-refractivity contribution in [1.82, 2.24) is 21.3 Å². The zero-order valence-corrected chi connectivity index (χ0v) is 27.8. The minimum absolute atomic E-state index is 0.232. The van der Waals surface area contributed by atoms with E-state index < -0.39 is 12.2 Å². The minimum Gasteiger partial charge on any atom is -0.491 e. The average Bonchev–Trinajstić information content (AvgIpc) is 3.10. The number of aliphatic hydroxyl groups excluding tert-OH is 2. The van der Waals surface area contributed by atoms with Crippen molar-refractivity contribution in [3.05, 3.63) is 131 Å². The van der Waals surface area contributed by atoms with E-state index in [-0.39, 0.29) is 25.3 Å². The zero-order chi connectivity index (χ0) is 33.1. The molecule has 4 aromatic rings. The molecule has 4 unspecified atom stereocenters. The first-order chi connectivity index (χ1) is 22.9. The summed E-state index contributed by atoms with van der Waals surface area (Å²) in [5.41, 5.74) is 4.85. The molecule has 0 bridgehead atoms. The Bertz CT molecular complexity index is 1270. The van der Waals surface area contributed by atoms with Crippen LogP contribution in [0.25, 0.3) is 0 Å². The van der Waals surface area contributed by atoms with Crippen molar-refractivity contribution in [2.45, 2.75) is 57.6 Å². The van der Waals surface area contributed by atoms with E-state index in [0.717, 1.165) is 44.1 Å². The maximum atomic E-state index is 10.3. The molecule has 8 heteroatoms. The lowest BCUT2D eigenvalue weighted by Gasteiger charge is -2.17. The maximum absolute atomic E-state index is 10.3. The van der Waals surface area contributed by atoms with E-state index >= 15 is 0 Å². The van der Waals surface area contributed by atoms with Gasteiger partial charge in [0.25, 0.3) is 0 Å². The Morgan fingerprint density at radius 3 is 1.26 bits per heavy atom. The molecule has 4 rings (SSSR count). The van der Waals surface area contributed by atoms with Crippen LogP contribution in [0.2, 0.25) is 0 Å². The molecule has 0 radical (unpaired) electrons. The van der Waals surface area contributed by atoms with Crippen LogP contribution >= 0.6 is 0 Å². The van der Waals surface area contributed by atoms with Gasteiger partial charge in [0.1, 0.15) is 36.9 Å². The Hall–Kier alpha value is -3.76. The number of hydrogen-bond acceptors (Lipinski definition) is 8. The molecule has 0 heterocycles. The summed E-state index contributed by atoms with van der Waals surface area (Å²) in [4.78, 5) is 0. The second-order valence-corrected chi connectivity index (χ2v) is 12.2. The molecule has 47 heavy (non-hydrogen) atoms.